The van der Waals surface area contributed by atoms with Crippen molar-refractivity contribution in [1.82, 2.24) is 5.32 Å². The van der Waals surface area contributed by atoms with E-state index in [2.05, 4.69) is 17.9 Å². The van der Waals surface area contributed by atoms with Crippen LogP contribution in [-0.2, 0) is 11.3 Å². The average Bonchev–Trinajstić information content (AvgIpc) is 2.70. The van der Waals surface area contributed by atoms with Gasteiger partial charge < -0.3 is 15.2 Å². The van der Waals surface area contributed by atoms with Gasteiger partial charge >= 0.3 is 5.97 Å². The summed E-state index contributed by atoms with van der Waals surface area (Å²) in [6.45, 7) is 0.407. The fourth-order valence-electron chi connectivity index (χ4n) is 2.44. The highest BCUT2D eigenvalue weighted by atomic mass is 32.1. The fourth-order valence-corrected chi connectivity index (χ4v) is 2.59. The zero-order valence-electron chi connectivity index (χ0n) is 15.4. The molecule has 4 nitrogen and oxygen atoms in total. The summed E-state index contributed by atoms with van der Waals surface area (Å²) in [5.74, 6) is -0.621. The number of hydrogen-bond donors (Lipinski definition) is 3. The highest BCUT2D eigenvalue weighted by Crippen LogP contribution is 2.31. The van der Waals surface area contributed by atoms with Gasteiger partial charge in [0.1, 0.15) is 11.6 Å². The quantitative estimate of drug-likeness (QED) is 0.528. The van der Waals surface area contributed by atoms with Crippen LogP contribution in [0.3, 0.4) is 0 Å². The Morgan fingerprint density at radius 2 is 1.75 bits per heavy atom. The standard InChI is InChI=1S/C16H17NO3.C6H5FS/c1-17-10-12-7-8-15(20-11-16(18)19)14(9-12)13-5-3-2-4-6-13;7-5-1-3-6(8)4-2-5/h2-9,17H,10-11H2,1H3,(H,18,19);1-4,8H. The van der Waals surface area contributed by atoms with Crippen LogP contribution in [0.15, 0.2) is 77.7 Å². The number of thiol groups is 1. The molecule has 3 aromatic rings. The van der Waals surface area contributed by atoms with Crippen LogP contribution in [0, 0.1) is 5.82 Å². The Bertz CT molecular complexity index is 865. The van der Waals surface area contributed by atoms with Gasteiger partial charge in [-0.15, -0.1) is 12.6 Å². The van der Waals surface area contributed by atoms with Crippen LogP contribution >= 0.6 is 12.6 Å². The third-order valence-corrected chi connectivity index (χ3v) is 3.99. The Hall–Kier alpha value is -2.83. The zero-order valence-corrected chi connectivity index (χ0v) is 16.3. The Balaban J connectivity index is 0.000000292. The predicted molar refractivity (Wildman–Crippen MR) is 111 cm³/mol. The van der Waals surface area contributed by atoms with E-state index in [-0.39, 0.29) is 12.4 Å². The Morgan fingerprint density at radius 3 is 2.32 bits per heavy atom. The lowest BCUT2D eigenvalue weighted by Crippen LogP contribution is -2.10. The average molecular weight is 399 g/mol. The summed E-state index contributed by atoms with van der Waals surface area (Å²) in [4.78, 5) is 11.4. The molecule has 0 heterocycles. The van der Waals surface area contributed by atoms with Crippen molar-refractivity contribution >= 4 is 18.6 Å². The van der Waals surface area contributed by atoms with Gasteiger partial charge in [0.15, 0.2) is 6.61 Å². The van der Waals surface area contributed by atoms with Crippen LogP contribution in [0.5, 0.6) is 5.75 Å². The topological polar surface area (TPSA) is 58.6 Å². The minimum Gasteiger partial charge on any atom is -0.481 e. The van der Waals surface area contributed by atoms with Crippen LogP contribution in [0.2, 0.25) is 0 Å². The summed E-state index contributed by atoms with van der Waals surface area (Å²) in [5, 5.41) is 11.8. The number of benzene rings is 3. The maximum absolute atomic E-state index is 12.1. The maximum Gasteiger partial charge on any atom is 0.341 e. The number of aliphatic carboxylic acids is 1. The zero-order chi connectivity index (χ0) is 20.4. The van der Waals surface area contributed by atoms with Crippen LogP contribution in [0.25, 0.3) is 11.1 Å². The fraction of sp³-hybridized carbons (Fsp3) is 0.136. The van der Waals surface area contributed by atoms with E-state index in [1.807, 2.05) is 55.6 Å². The Kier molecular flexibility index (Phi) is 8.52. The normalized spacial score (nSPS) is 9.96. The predicted octanol–water partition coefficient (Wildman–Crippen LogP) is 4.65. The minimum absolute atomic E-state index is 0.220. The van der Waals surface area contributed by atoms with Crippen molar-refractivity contribution in [3.8, 4) is 16.9 Å². The third-order valence-electron chi connectivity index (χ3n) is 3.69. The third kappa shape index (κ3) is 7.06. The molecule has 2 N–H and O–H groups in total. The first kappa shape index (κ1) is 21.5. The minimum atomic E-state index is -0.983. The SMILES string of the molecule is CNCc1ccc(OCC(=O)O)c(-c2ccccc2)c1.Fc1ccc(S)cc1. The number of nitrogens with one attached hydrogen (secondary N) is 1. The number of ether oxygens (including phenoxy) is 1. The summed E-state index contributed by atoms with van der Waals surface area (Å²) in [5.41, 5.74) is 3.03. The molecule has 0 saturated heterocycles. The Labute approximate surface area is 169 Å². The highest BCUT2D eigenvalue weighted by molar-refractivity contribution is 7.80. The number of hydrogen-bond acceptors (Lipinski definition) is 4. The van der Waals surface area contributed by atoms with Gasteiger partial charge in [0.05, 0.1) is 0 Å². The van der Waals surface area contributed by atoms with E-state index >= 15 is 0 Å². The lowest BCUT2D eigenvalue weighted by atomic mass is 10.0. The van der Waals surface area contributed by atoms with Crippen molar-refractivity contribution in [2.75, 3.05) is 13.7 Å². The molecule has 0 bridgehead atoms. The number of carboxylic acid groups (broad SMARTS) is 1. The van der Waals surface area contributed by atoms with Crippen LogP contribution in [0.4, 0.5) is 4.39 Å². The molecule has 0 amide bonds. The van der Waals surface area contributed by atoms with Gasteiger partial charge in [0, 0.05) is 17.0 Å². The first-order chi connectivity index (χ1) is 13.5. The molecule has 0 aliphatic carbocycles. The lowest BCUT2D eigenvalue weighted by Gasteiger charge is -2.12. The molecule has 3 aromatic carbocycles. The molecule has 28 heavy (non-hydrogen) atoms. The van der Waals surface area contributed by atoms with Crippen LogP contribution in [-0.4, -0.2) is 24.7 Å². The highest BCUT2D eigenvalue weighted by Gasteiger charge is 2.09. The van der Waals surface area contributed by atoms with E-state index in [0.29, 0.717) is 5.75 Å². The smallest absolute Gasteiger partial charge is 0.341 e. The lowest BCUT2D eigenvalue weighted by molar-refractivity contribution is -0.139. The molecular weight excluding hydrogens is 377 g/mol. The summed E-state index contributed by atoms with van der Waals surface area (Å²) in [6.07, 6.45) is 0. The largest absolute Gasteiger partial charge is 0.481 e. The number of rotatable bonds is 6. The van der Waals surface area contributed by atoms with Crippen LogP contribution < -0.4 is 10.1 Å². The first-order valence-electron chi connectivity index (χ1n) is 8.61. The van der Waals surface area contributed by atoms with E-state index in [4.69, 9.17) is 9.84 Å². The molecule has 0 aliphatic rings. The molecule has 0 unspecified atom stereocenters. The second-order valence-electron chi connectivity index (χ2n) is 5.89. The summed E-state index contributed by atoms with van der Waals surface area (Å²) < 4.78 is 17.4. The van der Waals surface area contributed by atoms with Gasteiger partial charge in [0.25, 0.3) is 0 Å². The van der Waals surface area contributed by atoms with E-state index in [1.165, 1.54) is 12.1 Å². The summed E-state index contributed by atoms with van der Waals surface area (Å²) in [7, 11) is 1.89. The van der Waals surface area contributed by atoms with E-state index in [1.54, 1.807) is 12.1 Å². The molecule has 0 radical (unpaired) electrons. The van der Waals surface area contributed by atoms with Gasteiger partial charge in [-0.2, -0.15) is 0 Å². The molecule has 0 fully saturated rings. The number of carbonyl (C=O) groups is 1. The summed E-state index contributed by atoms with van der Waals surface area (Å²) >= 11 is 3.97. The van der Waals surface area contributed by atoms with Gasteiger partial charge in [-0.25, -0.2) is 9.18 Å². The number of carboxylic acids is 1. The maximum atomic E-state index is 12.1. The van der Waals surface area contributed by atoms with Gasteiger partial charge in [-0.05, 0) is 54.6 Å². The van der Waals surface area contributed by atoms with Gasteiger partial charge in [-0.1, -0.05) is 36.4 Å². The summed E-state index contributed by atoms with van der Waals surface area (Å²) in [6, 6.07) is 21.5. The molecule has 146 valence electrons. The second kappa shape index (κ2) is 11.1. The van der Waals surface area contributed by atoms with E-state index in [9.17, 15) is 9.18 Å². The van der Waals surface area contributed by atoms with Gasteiger partial charge in [0.2, 0.25) is 0 Å². The molecular formula is C22H22FNO3S. The molecule has 0 aliphatic heterocycles. The van der Waals surface area contributed by atoms with Crippen molar-refractivity contribution in [2.24, 2.45) is 0 Å². The van der Waals surface area contributed by atoms with E-state index in [0.717, 1.165) is 28.1 Å². The monoisotopic (exact) mass is 399 g/mol. The van der Waals surface area contributed by atoms with E-state index < -0.39 is 5.97 Å². The molecule has 0 saturated carbocycles. The first-order valence-corrected chi connectivity index (χ1v) is 9.06. The van der Waals surface area contributed by atoms with Crippen molar-refractivity contribution in [3.63, 3.8) is 0 Å². The number of halogens is 1. The Morgan fingerprint density at radius 1 is 1.07 bits per heavy atom. The van der Waals surface area contributed by atoms with Crippen LogP contribution in [0.1, 0.15) is 5.56 Å². The molecule has 0 aromatic heterocycles. The van der Waals surface area contributed by atoms with Crippen molar-refractivity contribution in [2.45, 2.75) is 11.4 Å². The molecule has 0 spiro atoms. The van der Waals surface area contributed by atoms with Crippen molar-refractivity contribution in [1.29, 1.82) is 0 Å². The second-order valence-corrected chi connectivity index (χ2v) is 6.40. The molecule has 6 heteroatoms. The van der Waals surface area contributed by atoms with Crippen molar-refractivity contribution in [3.05, 3.63) is 84.2 Å². The van der Waals surface area contributed by atoms with Crippen molar-refractivity contribution < 1.29 is 19.0 Å². The van der Waals surface area contributed by atoms with Gasteiger partial charge in [-0.3, -0.25) is 0 Å². The molecule has 0 atom stereocenters. The molecule has 3 rings (SSSR count).